The first-order chi connectivity index (χ1) is 9.63. The zero-order valence-corrected chi connectivity index (χ0v) is 12.0. The molecule has 1 heterocycles. The number of rotatable bonds is 6. The Morgan fingerprint density at radius 3 is 2.65 bits per heavy atom. The number of nitrogens with one attached hydrogen (secondary N) is 1. The molecule has 0 aliphatic carbocycles. The van der Waals surface area contributed by atoms with Gasteiger partial charge in [-0.2, -0.15) is 0 Å². The molecule has 0 spiro atoms. The molecular weight excluding hydrogens is 254 g/mol. The first kappa shape index (κ1) is 14.3. The van der Waals surface area contributed by atoms with E-state index in [4.69, 9.17) is 4.74 Å². The number of Topliss-reactive ketones (excluding diaryl/α,β-unsaturated/α-hetero) is 1. The van der Waals surface area contributed by atoms with Gasteiger partial charge in [-0.15, -0.1) is 5.10 Å². The number of aromatic nitrogens is 2. The molecule has 0 aliphatic rings. The molecular formula is C15H19N3O2. The van der Waals surface area contributed by atoms with E-state index in [0.29, 0.717) is 12.4 Å². The molecule has 0 bridgehead atoms. The van der Waals surface area contributed by atoms with Crippen LogP contribution in [-0.4, -0.2) is 29.2 Å². The molecule has 0 saturated carbocycles. The van der Waals surface area contributed by atoms with E-state index >= 15 is 0 Å². The number of hydrogen-bond donors (Lipinski definition) is 1. The van der Waals surface area contributed by atoms with Crippen molar-refractivity contribution in [3.05, 3.63) is 41.6 Å². The van der Waals surface area contributed by atoms with Crippen molar-refractivity contribution >= 4 is 5.78 Å². The van der Waals surface area contributed by atoms with Gasteiger partial charge < -0.3 is 10.1 Å². The third-order valence-corrected chi connectivity index (χ3v) is 2.96. The van der Waals surface area contributed by atoms with Crippen LogP contribution in [0, 0.1) is 6.92 Å². The molecule has 1 aromatic heterocycles. The fraction of sp³-hybridized carbons (Fsp3) is 0.333. The van der Waals surface area contributed by atoms with Crippen molar-refractivity contribution in [2.24, 2.45) is 0 Å². The summed E-state index contributed by atoms with van der Waals surface area (Å²) >= 11 is 0. The van der Waals surface area contributed by atoms with Crippen molar-refractivity contribution in [2.45, 2.75) is 20.4 Å². The summed E-state index contributed by atoms with van der Waals surface area (Å²) in [7, 11) is 1.89. The number of para-hydroxylation sites is 1. The Kier molecular flexibility index (Phi) is 4.53. The largest absolute Gasteiger partial charge is 0.468 e. The molecule has 2 aromatic rings. The summed E-state index contributed by atoms with van der Waals surface area (Å²) in [5.74, 6) is 0.489. The minimum Gasteiger partial charge on any atom is -0.468 e. The summed E-state index contributed by atoms with van der Waals surface area (Å²) in [5, 5.41) is 7.60. The van der Waals surface area contributed by atoms with Gasteiger partial charge in [0.05, 0.1) is 11.4 Å². The number of nitrogens with zero attached hydrogens (tertiary/aromatic N) is 2. The molecule has 5 nitrogen and oxygen atoms in total. The minimum absolute atomic E-state index is 0.0196. The summed E-state index contributed by atoms with van der Waals surface area (Å²) in [6.45, 7) is 4.18. The molecule has 5 heteroatoms. The number of hydrogen-bond acceptors (Lipinski definition) is 4. The summed E-state index contributed by atoms with van der Waals surface area (Å²) in [4.78, 5) is 11.0. The van der Waals surface area contributed by atoms with E-state index in [1.807, 2.05) is 49.0 Å². The van der Waals surface area contributed by atoms with Crippen LogP contribution in [-0.2, 0) is 11.3 Å². The van der Waals surface area contributed by atoms with E-state index in [0.717, 1.165) is 16.9 Å². The highest BCUT2D eigenvalue weighted by atomic mass is 16.5. The Bertz CT molecular complexity index is 591. The second kappa shape index (κ2) is 6.34. The van der Waals surface area contributed by atoms with Gasteiger partial charge in [-0.1, -0.05) is 18.2 Å². The lowest BCUT2D eigenvalue weighted by atomic mass is 10.2. The first-order valence-corrected chi connectivity index (χ1v) is 6.54. The molecule has 0 aliphatic heterocycles. The molecule has 0 unspecified atom stereocenters. The highest BCUT2D eigenvalue weighted by molar-refractivity contribution is 5.77. The van der Waals surface area contributed by atoms with Crippen molar-refractivity contribution < 1.29 is 9.53 Å². The zero-order chi connectivity index (χ0) is 14.5. The predicted octanol–water partition coefficient (Wildman–Crippen LogP) is 1.87. The Balaban J connectivity index is 2.39. The van der Waals surface area contributed by atoms with E-state index in [2.05, 4.69) is 10.4 Å². The number of ether oxygens (including phenoxy) is 1. The lowest BCUT2D eigenvalue weighted by Crippen LogP contribution is -2.11. The third-order valence-electron chi connectivity index (χ3n) is 2.96. The maximum absolute atomic E-state index is 11.0. The van der Waals surface area contributed by atoms with Gasteiger partial charge in [-0.25, -0.2) is 4.68 Å². The van der Waals surface area contributed by atoms with E-state index in [1.165, 1.54) is 6.92 Å². The van der Waals surface area contributed by atoms with Crippen molar-refractivity contribution in [3.63, 3.8) is 0 Å². The quantitative estimate of drug-likeness (QED) is 0.873. The Morgan fingerprint density at radius 1 is 1.35 bits per heavy atom. The first-order valence-electron chi connectivity index (χ1n) is 6.54. The van der Waals surface area contributed by atoms with Crippen LogP contribution >= 0.6 is 0 Å². The second-order valence-corrected chi connectivity index (χ2v) is 4.65. The molecule has 2 rings (SSSR count). The maximum atomic E-state index is 11.0. The summed E-state index contributed by atoms with van der Waals surface area (Å²) in [6, 6.07) is 9.86. The normalized spacial score (nSPS) is 10.6. The van der Waals surface area contributed by atoms with E-state index < -0.39 is 0 Å². The Morgan fingerprint density at radius 2 is 2.05 bits per heavy atom. The number of carbonyl (C=O) groups is 1. The van der Waals surface area contributed by atoms with Gasteiger partial charge in [-0.3, -0.25) is 4.79 Å². The van der Waals surface area contributed by atoms with Crippen molar-refractivity contribution in [2.75, 3.05) is 13.7 Å². The van der Waals surface area contributed by atoms with E-state index in [-0.39, 0.29) is 12.4 Å². The molecule has 0 amide bonds. The third kappa shape index (κ3) is 3.05. The maximum Gasteiger partial charge on any atom is 0.236 e. The van der Waals surface area contributed by atoms with E-state index in [1.54, 1.807) is 0 Å². The fourth-order valence-electron chi connectivity index (χ4n) is 1.97. The van der Waals surface area contributed by atoms with Crippen LogP contribution in [0.5, 0.6) is 5.88 Å². The van der Waals surface area contributed by atoms with Gasteiger partial charge in [0.1, 0.15) is 6.61 Å². The van der Waals surface area contributed by atoms with Crippen molar-refractivity contribution in [3.8, 4) is 11.6 Å². The highest BCUT2D eigenvalue weighted by Gasteiger charge is 2.16. The fourth-order valence-corrected chi connectivity index (χ4v) is 1.97. The average Bonchev–Trinajstić information content (AvgIpc) is 2.75. The molecule has 20 heavy (non-hydrogen) atoms. The molecule has 106 valence electrons. The zero-order valence-electron chi connectivity index (χ0n) is 12.0. The van der Waals surface area contributed by atoms with E-state index in [9.17, 15) is 4.79 Å². The van der Waals surface area contributed by atoms with Gasteiger partial charge in [0.15, 0.2) is 5.78 Å². The molecule has 0 saturated heterocycles. The summed E-state index contributed by atoms with van der Waals surface area (Å²) in [6.07, 6.45) is 0. The van der Waals surface area contributed by atoms with Crippen LogP contribution in [0.15, 0.2) is 30.3 Å². The molecule has 0 atom stereocenters. The van der Waals surface area contributed by atoms with Crippen molar-refractivity contribution in [1.82, 2.24) is 15.1 Å². The van der Waals surface area contributed by atoms with Crippen LogP contribution < -0.4 is 10.1 Å². The lowest BCUT2D eigenvalue weighted by molar-refractivity contribution is -0.119. The lowest BCUT2D eigenvalue weighted by Gasteiger charge is -2.07. The van der Waals surface area contributed by atoms with Crippen LogP contribution in [0.2, 0.25) is 0 Å². The molecule has 0 fully saturated rings. The van der Waals surface area contributed by atoms with Gasteiger partial charge in [0.25, 0.3) is 0 Å². The van der Waals surface area contributed by atoms with Gasteiger partial charge in [0.2, 0.25) is 5.88 Å². The van der Waals surface area contributed by atoms with Gasteiger partial charge in [0, 0.05) is 12.1 Å². The average molecular weight is 273 g/mol. The second-order valence-electron chi connectivity index (χ2n) is 4.65. The highest BCUT2D eigenvalue weighted by Crippen LogP contribution is 2.23. The Labute approximate surface area is 118 Å². The summed E-state index contributed by atoms with van der Waals surface area (Å²) in [5.41, 5.74) is 2.94. The molecule has 1 aromatic carbocycles. The monoisotopic (exact) mass is 273 g/mol. The Hall–Kier alpha value is -2.14. The van der Waals surface area contributed by atoms with Crippen LogP contribution in [0.4, 0.5) is 0 Å². The smallest absolute Gasteiger partial charge is 0.236 e. The molecule has 0 radical (unpaired) electrons. The minimum atomic E-state index is -0.0196. The van der Waals surface area contributed by atoms with Crippen LogP contribution in [0.3, 0.4) is 0 Å². The number of carbonyl (C=O) groups excluding carboxylic acids is 1. The SMILES string of the molecule is CNCc1c(C)c(OCC(C)=O)nn1-c1ccccc1. The summed E-state index contributed by atoms with van der Waals surface area (Å²) < 4.78 is 7.33. The predicted molar refractivity (Wildman–Crippen MR) is 77.2 cm³/mol. The standard InChI is InChI=1S/C15H19N3O2/c1-11(19)10-20-15-12(2)14(9-16-3)18(17-15)13-7-5-4-6-8-13/h4-8,16H,9-10H2,1-3H3. The number of ketones is 1. The number of benzene rings is 1. The van der Waals surface area contributed by atoms with Crippen LogP contribution in [0.25, 0.3) is 5.69 Å². The van der Waals surface area contributed by atoms with Crippen molar-refractivity contribution in [1.29, 1.82) is 0 Å². The topological polar surface area (TPSA) is 56.1 Å². The van der Waals surface area contributed by atoms with Crippen LogP contribution in [0.1, 0.15) is 18.2 Å². The molecule has 1 N–H and O–H groups in total. The van der Waals surface area contributed by atoms with Gasteiger partial charge >= 0.3 is 0 Å². The van der Waals surface area contributed by atoms with Gasteiger partial charge in [-0.05, 0) is 33.0 Å².